The van der Waals surface area contributed by atoms with Gasteiger partial charge in [0, 0.05) is 18.8 Å². The fourth-order valence-corrected chi connectivity index (χ4v) is 2.04. The lowest BCUT2D eigenvalue weighted by Gasteiger charge is -2.06. The Hall–Kier alpha value is -2.40. The van der Waals surface area contributed by atoms with Crippen LogP contribution in [0, 0.1) is 12.7 Å². The van der Waals surface area contributed by atoms with E-state index in [-0.39, 0.29) is 12.4 Å². The molecule has 102 valence electrons. The highest BCUT2D eigenvalue weighted by molar-refractivity contribution is 5.46. The minimum atomic E-state index is -0.305. The van der Waals surface area contributed by atoms with E-state index in [9.17, 15) is 4.39 Å². The molecule has 0 amide bonds. The summed E-state index contributed by atoms with van der Waals surface area (Å²) >= 11 is 0. The summed E-state index contributed by atoms with van der Waals surface area (Å²) in [6.45, 7) is 1.99. The fourth-order valence-electron chi connectivity index (χ4n) is 2.04. The Kier molecular flexibility index (Phi) is 3.12. The number of aryl methyl sites for hydroxylation is 1. The highest BCUT2D eigenvalue weighted by Gasteiger charge is 2.13. The molecule has 0 aliphatic rings. The molecule has 3 aromatic rings. The van der Waals surface area contributed by atoms with Crippen LogP contribution in [0.4, 0.5) is 4.39 Å². The van der Waals surface area contributed by atoms with Crippen molar-refractivity contribution in [3.63, 3.8) is 0 Å². The number of ether oxygens (including phenoxy) is 1. The van der Waals surface area contributed by atoms with E-state index in [2.05, 4.69) is 4.98 Å². The molecule has 0 bridgehead atoms. The first-order valence-electron chi connectivity index (χ1n) is 6.29. The smallest absolute Gasteiger partial charge is 0.242 e. The maximum atomic E-state index is 13.5. The monoisotopic (exact) mass is 271 g/mol. The molecule has 2 heterocycles. The summed E-state index contributed by atoms with van der Waals surface area (Å²) in [5.41, 5.74) is 7.83. The van der Waals surface area contributed by atoms with Crippen molar-refractivity contribution in [2.75, 3.05) is 0 Å². The number of benzene rings is 1. The number of halogens is 1. The van der Waals surface area contributed by atoms with E-state index in [0.717, 1.165) is 11.3 Å². The van der Waals surface area contributed by atoms with Crippen LogP contribution in [0.2, 0.25) is 0 Å². The molecule has 4 nitrogen and oxygen atoms in total. The third kappa shape index (κ3) is 2.12. The minimum absolute atomic E-state index is 0.287. The fraction of sp³-hybridized carbons (Fsp3) is 0.133. The van der Waals surface area contributed by atoms with Crippen LogP contribution in [0.5, 0.6) is 11.6 Å². The molecule has 0 spiro atoms. The van der Waals surface area contributed by atoms with Gasteiger partial charge < -0.3 is 10.5 Å². The van der Waals surface area contributed by atoms with Gasteiger partial charge in [0.05, 0.1) is 0 Å². The molecule has 2 N–H and O–H groups in total. The SMILES string of the molecule is Cc1ccc(Oc2nc3ccccn3c2CN)cc1F. The van der Waals surface area contributed by atoms with Crippen molar-refractivity contribution >= 4 is 5.65 Å². The average molecular weight is 271 g/mol. The number of fused-ring (bicyclic) bond motifs is 1. The molecular weight excluding hydrogens is 257 g/mol. The summed E-state index contributed by atoms with van der Waals surface area (Å²) in [5, 5.41) is 0. The lowest BCUT2D eigenvalue weighted by molar-refractivity contribution is 0.454. The number of pyridine rings is 1. The number of imidazole rings is 1. The van der Waals surface area contributed by atoms with Gasteiger partial charge in [-0.15, -0.1) is 0 Å². The largest absolute Gasteiger partial charge is 0.437 e. The maximum Gasteiger partial charge on any atom is 0.242 e. The second kappa shape index (κ2) is 4.94. The lowest BCUT2D eigenvalue weighted by atomic mass is 10.2. The van der Waals surface area contributed by atoms with Crippen molar-refractivity contribution < 1.29 is 9.13 Å². The zero-order valence-corrected chi connectivity index (χ0v) is 11.0. The van der Waals surface area contributed by atoms with E-state index >= 15 is 0 Å². The number of hydrogen-bond acceptors (Lipinski definition) is 3. The number of hydrogen-bond donors (Lipinski definition) is 1. The summed E-state index contributed by atoms with van der Waals surface area (Å²) in [4.78, 5) is 4.37. The van der Waals surface area contributed by atoms with E-state index in [1.165, 1.54) is 6.07 Å². The van der Waals surface area contributed by atoms with Crippen LogP contribution >= 0.6 is 0 Å². The van der Waals surface area contributed by atoms with E-state index < -0.39 is 0 Å². The molecule has 0 atom stereocenters. The molecule has 0 fully saturated rings. The Labute approximate surface area is 115 Å². The van der Waals surface area contributed by atoms with Gasteiger partial charge in [0.1, 0.15) is 22.9 Å². The van der Waals surface area contributed by atoms with Crippen LogP contribution in [-0.4, -0.2) is 9.38 Å². The second-order valence-electron chi connectivity index (χ2n) is 4.51. The van der Waals surface area contributed by atoms with Crippen molar-refractivity contribution in [2.45, 2.75) is 13.5 Å². The highest BCUT2D eigenvalue weighted by Crippen LogP contribution is 2.26. The Balaban J connectivity index is 2.03. The van der Waals surface area contributed by atoms with Crippen LogP contribution < -0.4 is 10.5 Å². The zero-order chi connectivity index (χ0) is 14.1. The van der Waals surface area contributed by atoms with E-state index in [1.54, 1.807) is 19.1 Å². The molecule has 0 saturated carbocycles. The summed E-state index contributed by atoms with van der Waals surface area (Å²) in [5.74, 6) is 0.508. The first kappa shape index (κ1) is 12.6. The van der Waals surface area contributed by atoms with E-state index in [1.807, 2.05) is 28.8 Å². The van der Waals surface area contributed by atoms with Gasteiger partial charge in [-0.2, -0.15) is 4.98 Å². The number of nitrogens with two attached hydrogens (primary N) is 1. The number of nitrogens with zero attached hydrogens (tertiary/aromatic N) is 2. The van der Waals surface area contributed by atoms with Gasteiger partial charge in [0.15, 0.2) is 0 Å². The van der Waals surface area contributed by atoms with Gasteiger partial charge in [-0.3, -0.25) is 4.40 Å². The number of aromatic nitrogens is 2. The molecule has 0 aliphatic heterocycles. The van der Waals surface area contributed by atoms with Crippen LogP contribution in [0.1, 0.15) is 11.3 Å². The van der Waals surface area contributed by atoms with Crippen molar-refractivity contribution in [1.29, 1.82) is 0 Å². The predicted molar refractivity (Wildman–Crippen MR) is 74.3 cm³/mol. The molecule has 0 saturated heterocycles. The van der Waals surface area contributed by atoms with Gasteiger partial charge in [0.25, 0.3) is 0 Å². The summed E-state index contributed by atoms with van der Waals surface area (Å²) in [6.07, 6.45) is 1.87. The van der Waals surface area contributed by atoms with E-state index in [4.69, 9.17) is 10.5 Å². The number of rotatable bonds is 3. The molecule has 20 heavy (non-hydrogen) atoms. The van der Waals surface area contributed by atoms with E-state index in [0.29, 0.717) is 17.2 Å². The third-order valence-corrected chi connectivity index (χ3v) is 3.14. The Morgan fingerprint density at radius 1 is 1.30 bits per heavy atom. The molecule has 2 aromatic heterocycles. The maximum absolute atomic E-state index is 13.5. The van der Waals surface area contributed by atoms with Crippen molar-refractivity contribution in [2.24, 2.45) is 5.73 Å². The Bertz CT molecular complexity index is 767. The molecular formula is C15H14FN3O. The van der Waals surface area contributed by atoms with Gasteiger partial charge in [-0.1, -0.05) is 12.1 Å². The highest BCUT2D eigenvalue weighted by atomic mass is 19.1. The first-order valence-corrected chi connectivity index (χ1v) is 6.29. The first-order chi connectivity index (χ1) is 9.69. The van der Waals surface area contributed by atoms with Gasteiger partial charge in [-0.25, -0.2) is 4.39 Å². The minimum Gasteiger partial charge on any atom is -0.437 e. The summed E-state index contributed by atoms with van der Waals surface area (Å²) < 4.78 is 21.1. The normalized spacial score (nSPS) is 10.9. The second-order valence-corrected chi connectivity index (χ2v) is 4.51. The summed E-state index contributed by atoms with van der Waals surface area (Å²) in [6, 6.07) is 10.4. The van der Waals surface area contributed by atoms with Gasteiger partial charge in [-0.05, 0) is 30.7 Å². The predicted octanol–water partition coefficient (Wildman–Crippen LogP) is 3.03. The van der Waals surface area contributed by atoms with Crippen LogP contribution in [0.3, 0.4) is 0 Å². The molecule has 5 heteroatoms. The molecule has 0 radical (unpaired) electrons. The van der Waals surface area contributed by atoms with Crippen LogP contribution in [0.25, 0.3) is 5.65 Å². The zero-order valence-electron chi connectivity index (χ0n) is 11.0. The van der Waals surface area contributed by atoms with Crippen molar-refractivity contribution in [3.8, 4) is 11.6 Å². The van der Waals surface area contributed by atoms with Crippen molar-refractivity contribution in [1.82, 2.24) is 9.38 Å². The molecule has 3 rings (SSSR count). The topological polar surface area (TPSA) is 52.5 Å². The molecule has 0 unspecified atom stereocenters. The summed E-state index contributed by atoms with van der Waals surface area (Å²) in [7, 11) is 0. The third-order valence-electron chi connectivity index (χ3n) is 3.14. The Morgan fingerprint density at radius 2 is 2.15 bits per heavy atom. The Morgan fingerprint density at radius 3 is 2.90 bits per heavy atom. The van der Waals surface area contributed by atoms with Crippen molar-refractivity contribution in [3.05, 3.63) is 59.7 Å². The molecule has 1 aromatic carbocycles. The lowest BCUT2D eigenvalue weighted by Crippen LogP contribution is -2.02. The van der Waals surface area contributed by atoms with Gasteiger partial charge in [0.2, 0.25) is 5.88 Å². The van der Waals surface area contributed by atoms with Crippen LogP contribution in [0.15, 0.2) is 42.6 Å². The standard InChI is InChI=1S/C15H14FN3O/c1-10-5-6-11(8-12(10)16)20-15-13(9-17)19-7-3-2-4-14(19)18-15/h2-8H,9,17H2,1H3. The van der Waals surface area contributed by atoms with Gasteiger partial charge >= 0.3 is 0 Å². The molecule has 0 aliphatic carbocycles. The average Bonchev–Trinajstić information content (AvgIpc) is 2.80. The quantitative estimate of drug-likeness (QED) is 0.796. The van der Waals surface area contributed by atoms with Crippen LogP contribution in [-0.2, 0) is 6.54 Å².